The zero-order chi connectivity index (χ0) is 9.97. The van der Waals surface area contributed by atoms with Crippen LogP contribution >= 0.6 is 0 Å². The van der Waals surface area contributed by atoms with Crippen molar-refractivity contribution in [3.63, 3.8) is 0 Å². The van der Waals surface area contributed by atoms with Crippen LogP contribution in [-0.4, -0.2) is 12.8 Å². The maximum absolute atomic E-state index is 5.67. The van der Waals surface area contributed by atoms with Crippen molar-refractivity contribution in [2.24, 2.45) is 5.92 Å². The zero-order valence-electron chi connectivity index (χ0n) is 8.73. The highest BCUT2D eigenvalue weighted by molar-refractivity contribution is 5.19. The van der Waals surface area contributed by atoms with Crippen LogP contribution in [0.3, 0.4) is 0 Å². The van der Waals surface area contributed by atoms with E-state index in [1.54, 1.807) is 0 Å². The van der Waals surface area contributed by atoms with Gasteiger partial charge in [-0.3, -0.25) is 5.32 Å². The van der Waals surface area contributed by atoms with Crippen molar-refractivity contribution >= 4 is 0 Å². The number of hydrogen-bond donors (Lipinski definition) is 1. The number of benzene rings is 1. The summed E-state index contributed by atoms with van der Waals surface area (Å²) < 4.78 is 5.67. The molecule has 0 radical (unpaired) electrons. The monoisotopic (exact) mass is 191 g/mol. The van der Waals surface area contributed by atoms with Crippen LogP contribution < -0.4 is 5.32 Å². The number of rotatable bonds is 2. The highest BCUT2D eigenvalue weighted by Crippen LogP contribution is 2.22. The fourth-order valence-corrected chi connectivity index (χ4v) is 1.76. The van der Waals surface area contributed by atoms with Crippen LogP contribution in [-0.2, 0) is 4.74 Å². The Labute approximate surface area is 85.3 Å². The molecule has 1 N–H and O–H groups in total. The smallest absolute Gasteiger partial charge is 0.111 e. The van der Waals surface area contributed by atoms with Crippen LogP contribution in [0.5, 0.6) is 0 Å². The maximum Gasteiger partial charge on any atom is 0.111 e. The largest absolute Gasteiger partial charge is 0.361 e. The zero-order valence-corrected chi connectivity index (χ0v) is 8.73. The molecule has 0 bridgehead atoms. The van der Waals surface area contributed by atoms with Gasteiger partial charge in [-0.25, -0.2) is 0 Å². The lowest BCUT2D eigenvalue weighted by Crippen LogP contribution is -2.29. The fraction of sp³-hybridized carbons (Fsp3) is 0.500. The first-order chi connectivity index (χ1) is 6.77. The van der Waals surface area contributed by atoms with Gasteiger partial charge >= 0.3 is 0 Å². The summed E-state index contributed by atoms with van der Waals surface area (Å²) in [6.07, 6.45) is 0.209. The molecule has 2 rings (SSSR count). The van der Waals surface area contributed by atoms with E-state index in [9.17, 15) is 0 Å². The summed E-state index contributed by atoms with van der Waals surface area (Å²) in [5.41, 5.74) is 1.32. The molecule has 1 aliphatic rings. The normalized spacial score (nSPS) is 27.1. The Morgan fingerprint density at radius 2 is 2.00 bits per heavy atom. The van der Waals surface area contributed by atoms with Crippen LogP contribution in [0, 0.1) is 5.92 Å². The Hall–Kier alpha value is -0.860. The van der Waals surface area contributed by atoms with Gasteiger partial charge in [-0.15, -0.1) is 0 Å². The van der Waals surface area contributed by atoms with E-state index in [0.29, 0.717) is 12.0 Å². The molecule has 0 amide bonds. The lowest BCUT2D eigenvalue weighted by atomic mass is 10.1. The predicted octanol–water partition coefficient (Wildman–Crippen LogP) is 2.33. The molecular formula is C12H17NO. The molecule has 0 aromatic heterocycles. The Kier molecular flexibility index (Phi) is 2.85. The van der Waals surface area contributed by atoms with E-state index in [1.165, 1.54) is 5.56 Å². The number of ether oxygens (including phenoxy) is 1. The van der Waals surface area contributed by atoms with E-state index >= 15 is 0 Å². The molecule has 0 aliphatic carbocycles. The quantitative estimate of drug-likeness (QED) is 0.774. The summed E-state index contributed by atoms with van der Waals surface area (Å²) in [7, 11) is 0. The first kappa shape index (κ1) is 9.69. The average molecular weight is 191 g/mol. The summed E-state index contributed by atoms with van der Waals surface area (Å²) in [5, 5.41) is 3.48. The van der Waals surface area contributed by atoms with E-state index in [0.717, 1.165) is 6.61 Å². The summed E-state index contributed by atoms with van der Waals surface area (Å²) in [5.74, 6) is 0.531. The lowest BCUT2D eigenvalue weighted by Gasteiger charge is -2.15. The Morgan fingerprint density at radius 1 is 1.29 bits per heavy atom. The van der Waals surface area contributed by atoms with Crippen molar-refractivity contribution in [3.8, 4) is 0 Å². The first-order valence-corrected chi connectivity index (χ1v) is 5.20. The molecule has 1 aromatic carbocycles. The first-order valence-electron chi connectivity index (χ1n) is 5.20. The van der Waals surface area contributed by atoms with Crippen molar-refractivity contribution in [1.82, 2.24) is 5.32 Å². The van der Waals surface area contributed by atoms with E-state index in [-0.39, 0.29) is 6.23 Å². The van der Waals surface area contributed by atoms with Crippen molar-refractivity contribution in [2.45, 2.75) is 26.1 Å². The summed E-state index contributed by atoms with van der Waals surface area (Å²) in [4.78, 5) is 0. The van der Waals surface area contributed by atoms with Gasteiger partial charge < -0.3 is 4.74 Å². The van der Waals surface area contributed by atoms with Gasteiger partial charge in [0.25, 0.3) is 0 Å². The van der Waals surface area contributed by atoms with Gasteiger partial charge in [0.1, 0.15) is 6.23 Å². The van der Waals surface area contributed by atoms with Crippen molar-refractivity contribution < 1.29 is 4.74 Å². The molecule has 76 valence electrons. The molecule has 1 aliphatic heterocycles. The molecule has 0 saturated carbocycles. The summed E-state index contributed by atoms with van der Waals surface area (Å²) in [6.45, 7) is 5.13. The Balaban J connectivity index is 2.03. The lowest BCUT2D eigenvalue weighted by molar-refractivity contribution is 0.0644. The average Bonchev–Trinajstić information content (AvgIpc) is 2.68. The molecule has 1 fully saturated rings. The SMILES string of the molecule is CC(C)C1N[C@@H](c2ccccc2)CO1. The minimum atomic E-state index is 0.209. The van der Waals surface area contributed by atoms with Crippen LogP contribution in [0.4, 0.5) is 0 Å². The molecule has 2 heteroatoms. The highest BCUT2D eigenvalue weighted by atomic mass is 16.5. The minimum Gasteiger partial charge on any atom is -0.361 e. The van der Waals surface area contributed by atoms with Crippen LogP contribution in [0.1, 0.15) is 25.5 Å². The van der Waals surface area contributed by atoms with Crippen LogP contribution in [0.25, 0.3) is 0 Å². The number of hydrogen-bond acceptors (Lipinski definition) is 2. The van der Waals surface area contributed by atoms with Crippen molar-refractivity contribution in [1.29, 1.82) is 0 Å². The molecule has 1 aromatic rings. The van der Waals surface area contributed by atoms with Crippen molar-refractivity contribution in [3.05, 3.63) is 35.9 Å². The molecule has 14 heavy (non-hydrogen) atoms. The molecule has 2 atom stereocenters. The van der Waals surface area contributed by atoms with E-state index < -0.39 is 0 Å². The van der Waals surface area contributed by atoms with Gasteiger partial charge in [0.15, 0.2) is 0 Å². The Morgan fingerprint density at radius 3 is 2.57 bits per heavy atom. The molecular weight excluding hydrogens is 174 g/mol. The molecule has 1 saturated heterocycles. The van der Waals surface area contributed by atoms with E-state index in [2.05, 4.69) is 43.4 Å². The Bertz CT molecular complexity index is 284. The third kappa shape index (κ3) is 1.97. The van der Waals surface area contributed by atoms with Crippen LogP contribution in [0.2, 0.25) is 0 Å². The van der Waals surface area contributed by atoms with Gasteiger partial charge in [0.05, 0.1) is 12.6 Å². The molecule has 1 heterocycles. The van der Waals surface area contributed by atoms with Gasteiger partial charge in [-0.05, 0) is 11.5 Å². The van der Waals surface area contributed by atoms with Gasteiger partial charge in [0.2, 0.25) is 0 Å². The maximum atomic E-state index is 5.67. The van der Waals surface area contributed by atoms with E-state index in [4.69, 9.17) is 4.74 Å². The molecule has 0 spiro atoms. The molecule has 1 unspecified atom stereocenters. The van der Waals surface area contributed by atoms with Gasteiger partial charge in [-0.2, -0.15) is 0 Å². The second-order valence-electron chi connectivity index (χ2n) is 4.13. The topological polar surface area (TPSA) is 21.3 Å². The predicted molar refractivity (Wildman–Crippen MR) is 56.9 cm³/mol. The third-order valence-electron chi connectivity index (χ3n) is 2.62. The standard InChI is InChI=1S/C12H17NO/c1-9(2)12-13-11(8-14-12)10-6-4-3-5-7-10/h3-7,9,11-13H,8H2,1-2H3/t11-,12?/m1/s1. The van der Waals surface area contributed by atoms with Gasteiger partial charge in [0, 0.05) is 0 Å². The van der Waals surface area contributed by atoms with Crippen molar-refractivity contribution in [2.75, 3.05) is 6.61 Å². The summed E-state index contributed by atoms with van der Waals surface area (Å²) >= 11 is 0. The van der Waals surface area contributed by atoms with Crippen LogP contribution in [0.15, 0.2) is 30.3 Å². The highest BCUT2D eigenvalue weighted by Gasteiger charge is 2.27. The second-order valence-corrected chi connectivity index (χ2v) is 4.13. The van der Waals surface area contributed by atoms with E-state index in [1.807, 2.05) is 6.07 Å². The molecule has 2 nitrogen and oxygen atoms in total. The second kappa shape index (κ2) is 4.11. The van der Waals surface area contributed by atoms with Gasteiger partial charge in [-0.1, -0.05) is 44.2 Å². The summed E-state index contributed by atoms with van der Waals surface area (Å²) in [6, 6.07) is 10.8. The third-order valence-corrected chi connectivity index (χ3v) is 2.62. The number of nitrogens with one attached hydrogen (secondary N) is 1. The fourth-order valence-electron chi connectivity index (χ4n) is 1.76. The minimum absolute atomic E-state index is 0.209.